The molecule has 0 aliphatic carbocycles. The zero-order valence-electron chi connectivity index (χ0n) is 9.54. The van der Waals surface area contributed by atoms with E-state index in [0.29, 0.717) is 16.6 Å². The summed E-state index contributed by atoms with van der Waals surface area (Å²) in [6, 6.07) is 4.73. The first-order valence-corrected chi connectivity index (χ1v) is 6.64. The molecule has 0 bridgehead atoms. The molecule has 1 amide bonds. The Labute approximate surface area is 114 Å². The number of rotatable bonds is 5. The molecule has 0 aliphatic rings. The maximum absolute atomic E-state index is 11.7. The highest BCUT2D eigenvalue weighted by Gasteiger charge is 2.07. The minimum Gasteiger partial charge on any atom is -0.507 e. The number of phenolic OH excluding ortho intramolecular Hbond substituents is 1. The molecule has 0 spiro atoms. The fraction of sp³-hybridized carbons (Fsp3) is 0.417. The van der Waals surface area contributed by atoms with Crippen LogP contribution in [-0.4, -0.2) is 22.9 Å². The number of alkyl halides is 1. The molecule has 3 nitrogen and oxygen atoms in total. The number of phenols is 1. The number of nitrogens with one attached hydrogen (secondary N) is 1. The van der Waals surface area contributed by atoms with E-state index in [2.05, 4.69) is 21.2 Å². The molecule has 1 atom stereocenters. The topological polar surface area (TPSA) is 49.3 Å². The molecule has 0 aromatic heterocycles. The van der Waals surface area contributed by atoms with Crippen molar-refractivity contribution in [2.24, 2.45) is 0 Å². The van der Waals surface area contributed by atoms with Gasteiger partial charge >= 0.3 is 0 Å². The number of carbonyl (C=O) groups is 1. The maximum atomic E-state index is 11.7. The molecule has 17 heavy (non-hydrogen) atoms. The molecule has 1 rings (SSSR count). The molecule has 0 saturated carbocycles. The lowest BCUT2D eigenvalue weighted by molar-refractivity contribution is 0.0952. The van der Waals surface area contributed by atoms with E-state index in [-0.39, 0.29) is 17.0 Å². The number of amides is 1. The van der Waals surface area contributed by atoms with Crippen molar-refractivity contribution in [2.75, 3.05) is 6.54 Å². The fourth-order valence-corrected chi connectivity index (χ4v) is 1.74. The highest BCUT2D eigenvalue weighted by Crippen LogP contribution is 2.24. The van der Waals surface area contributed by atoms with Crippen LogP contribution in [0.3, 0.4) is 0 Å². The summed E-state index contributed by atoms with van der Waals surface area (Å²) in [4.78, 5) is 11.7. The Morgan fingerprint density at radius 3 is 2.88 bits per heavy atom. The summed E-state index contributed by atoms with van der Waals surface area (Å²) in [5, 5.41) is 12.4. The lowest BCUT2D eigenvalue weighted by atomic mass is 10.2. The monoisotopic (exact) mass is 319 g/mol. The van der Waals surface area contributed by atoms with Gasteiger partial charge in [-0.2, -0.15) is 0 Å². The van der Waals surface area contributed by atoms with Crippen LogP contribution in [-0.2, 0) is 0 Å². The van der Waals surface area contributed by atoms with E-state index < -0.39 is 0 Å². The summed E-state index contributed by atoms with van der Waals surface area (Å²) in [5.41, 5.74) is 0.449. The van der Waals surface area contributed by atoms with Crippen LogP contribution in [0.2, 0.25) is 0 Å². The van der Waals surface area contributed by atoms with Crippen molar-refractivity contribution < 1.29 is 9.90 Å². The van der Waals surface area contributed by atoms with Gasteiger partial charge in [-0.25, -0.2) is 0 Å². The van der Waals surface area contributed by atoms with E-state index in [0.717, 1.165) is 12.8 Å². The summed E-state index contributed by atoms with van der Waals surface area (Å²) in [6.45, 7) is 2.52. The summed E-state index contributed by atoms with van der Waals surface area (Å²) in [5.74, 6) is -0.123. The van der Waals surface area contributed by atoms with Gasteiger partial charge in [0.25, 0.3) is 5.91 Å². The largest absolute Gasteiger partial charge is 0.507 e. The van der Waals surface area contributed by atoms with E-state index in [1.165, 1.54) is 6.07 Å². The Kier molecular flexibility index (Phi) is 5.78. The Balaban J connectivity index is 2.44. The van der Waals surface area contributed by atoms with Crippen LogP contribution >= 0.6 is 27.5 Å². The van der Waals surface area contributed by atoms with Gasteiger partial charge in [0.05, 0.1) is 4.47 Å². The predicted octanol–water partition coefficient (Wildman–Crippen LogP) is 3.29. The second-order valence-electron chi connectivity index (χ2n) is 3.85. The van der Waals surface area contributed by atoms with Crippen LogP contribution in [0.1, 0.15) is 30.1 Å². The van der Waals surface area contributed by atoms with Gasteiger partial charge < -0.3 is 10.4 Å². The smallest absolute Gasteiger partial charge is 0.251 e. The van der Waals surface area contributed by atoms with Crippen LogP contribution in [0.4, 0.5) is 0 Å². The van der Waals surface area contributed by atoms with E-state index in [9.17, 15) is 9.90 Å². The van der Waals surface area contributed by atoms with Crippen molar-refractivity contribution in [1.82, 2.24) is 5.32 Å². The van der Waals surface area contributed by atoms with Crippen molar-refractivity contribution in [1.29, 1.82) is 0 Å². The molecule has 1 unspecified atom stereocenters. The normalized spacial score (nSPS) is 12.2. The molecule has 5 heteroatoms. The third-order valence-corrected chi connectivity index (χ3v) is 3.16. The van der Waals surface area contributed by atoms with Gasteiger partial charge in [0, 0.05) is 17.5 Å². The first kappa shape index (κ1) is 14.3. The van der Waals surface area contributed by atoms with Crippen molar-refractivity contribution in [3.05, 3.63) is 28.2 Å². The molecule has 0 heterocycles. The number of hydrogen-bond acceptors (Lipinski definition) is 2. The second-order valence-corrected chi connectivity index (χ2v) is 5.44. The summed E-state index contributed by atoms with van der Waals surface area (Å²) < 4.78 is 0.574. The van der Waals surface area contributed by atoms with Gasteiger partial charge in [0.15, 0.2) is 0 Å². The highest BCUT2D eigenvalue weighted by atomic mass is 79.9. The lowest BCUT2D eigenvalue weighted by Crippen LogP contribution is -2.24. The van der Waals surface area contributed by atoms with Gasteiger partial charge in [0.2, 0.25) is 0 Å². The number of halogens is 2. The van der Waals surface area contributed by atoms with E-state index in [1.54, 1.807) is 12.1 Å². The average molecular weight is 321 g/mol. The van der Waals surface area contributed by atoms with Crippen molar-refractivity contribution >= 4 is 33.4 Å². The zero-order chi connectivity index (χ0) is 12.8. The zero-order valence-corrected chi connectivity index (χ0v) is 11.9. The van der Waals surface area contributed by atoms with Gasteiger partial charge in [-0.15, -0.1) is 11.6 Å². The molecule has 2 N–H and O–H groups in total. The SMILES string of the molecule is CC(Cl)CCCNC(=O)c1ccc(Br)c(O)c1. The molecule has 0 saturated heterocycles. The first-order chi connectivity index (χ1) is 8.00. The van der Waals surface area contributed by atoms with Crippen molar-refractivity contribution in [3.8, 4) is 5.75 Å². The molecule has 1 aromatic carbocycles. The van der Waals surface area contributed by atoms with E-state index in [1.807, 2.05) is 6.92 Å². The predicted molar refractivity (Wildman–Crippen MR) is 72.7 cm³/mol. The third-order valence-electron chi connectivity index (χ3n) is 2.27. The third kappa shape index (κ3) is 4.96. The summed E-state index contributed by atoms with van der Waals surface area (Å²) in [7, 11) is 0. The Morgan fingerprint density at radius 2 is 2.29 bits per heavy atom. The quantitative estimate of drug-likeness (QED) is 0.646. The van der Waals surface area contributed by atoms with Crippen molar-refractivity contribution in [2.45, 2.75) is 25.1 Å². The number of carbonyl (C=O) groups excluding carboxylic acids is 1. The highest BCUT2D eigenvalue weighted by molar-refractivity contribution is 9.10. The van der Waals surface area contributed by atoms with Gasteiger partial charge in [-0.3, -0.25) is 4.79 Å². The number of hydrogen-bond donors (Lipinski definition) is 2. The average Bonchev–Trinajstić information content (AvgIpc) is 2.27. The molecular weight excluding hydrogens is 305 g/mol. The minimum absolute atomic E-state index is 0.0621. The van der Waals surface area contributed by atoms with Crippen molar-refractivity contribution in [3.63, 3.8) is 0 Å². The molecule has 1 aromatic rings. The standard InChI is InChI=1S/C12H15BrClNO2/c1-8(14)3-2-6-15-12(17)9-4-5-10(13)11(16)7-9/h4-5,7-8,16H,2-3,6H2,1H3,(H,15,17). The maximum Gasteiger partial charge on any atom is 0.251 e. The molecule has 0 aliphatic heterocycles. The van der Waals surface area contributed by atoms with E-state index in [4.69, 9.17) is 11.6 Å². The summed E-state index contributed by atoms with van der Waals surface area (Å²) in [6.07, 6.45) is 1.71. The van der Waals surface area contributed by atoms with Crippen LogP contribution < -0.4 is 5.32 Å². The second kappa shape index (κ2) is 6.87. The Bertz CT molecular complexity index is 396. The molecule has 0 radical (unpaired) electrons. The molecular formula is C12H15BrClNO2. The van der Waals surface area contributed by atoms with Gasteiger partial charge in [-0.05, 0) is 53.9 Å². The lowest BCUT2D eigenvalue weighted by Gasteiger charge is -2.07. The van der Waals surface area contributed by atoms with Crippen LogP contribution in [0.15, 0.2) is 22.7 Å². The van der Waals surface area contributed by atoms with Gasteiger partial charge in [0.1, 0.15) is 5.75 Å². The van der Waals surface area contributed by atoms with E-state index >= 15 is 0 Å². The van der Waals surface area contributed by atoms with Crippen LogP contribution in [0.25, 0.3) is 0 Å². The number of benzene rings is 1. The Morgan fingerprint density at radius 1 is 1.59 bits per heavy atom. The number of aromatic hydroxyl groups is 1. The van der Waals surface area contributed by atoms with Crippen LogP contribution in [0.5, 0.6) is 5.75 Å². The molecule has 0 fully saturated rings. The summed E-state index contributed by atoms with van der Waals surface area (Å²) >= 11 is 8.96. The Hall–Kier alpha value is -0.740. The fourth-order valence-electron chi connectivity index (χ4n) is 1.34. The van der Waals surface area contributed by atoms with Gasteiger partial charge in [-0.1, -0.05) is 0 Å². The first-order valence-electron chi connectivity index (χ1n) is 5.41. The minimum atomic E-state index is -0.185. The van der Waals surface area contributed by atoms with Crippen LogP contribution in [0, 0.1) is 0 Å². The molecule has 94 valence electrons.